The lowest BCUT2D eigenvalue weighted by molar-refractivity contribution is 0.0918. The smallest absolute Gasteiger partial charge is 0.254 e. The van der Waals surface area contributed by atoms with Gasteiger partial charge in [0.1, 0.15) is 0 Å². The van der Waals surface area contributed by atoms with Crippen LogP contribution in [0.2, 0.25) is 20.1 Å². The molecule has 0 saturated heterocycles. The Hall–Kier alpha value is -1.46. The zero-order valence-corrected chi connectivity index (χ0v) is 22.5. The van der Waals surface area contributed by atoms with Crippen molar-refractivity contribution in [1.29, 1.82) is 0 Å². The third-order valence-corrected chi connectivity index (χ3v) is 8.67. The molecule has 2 fully saturated rings. The molecule has 2 N–H and O–H groups in total. The zero-order valence-electron chi connectivity index (χ0n) is 19.5. The summed E-state index contributed by atoms with van der Waals surface area (Å²) < 4.78 is 0. The molecule has 2 saturated carbocycles. The van der Waals surface area contributed by atoms with Gasteiger partial charge in [-0.2, -0.15) is 0 Å². The Labute approximate surface area is 227 Å². The topological polar surface area (TPSA) is 58.2 Å². The van der Waals surface area contributed by atoms with Crippen LogP contribution in [0.5, 0.6) is 0 Å². The number of halogens is 4. The fourth-order valence-corrected chi connectivity index (χ4v) is 6.64. The van der Waals surface area contributed by atoms with E-state index in [1.807, 2.05) is 0 Å². The van der Waals surface area contributed by atoms with Crippen LogP contribution in [0.4, 0.5) is 0 Å². The number of nitrogens with one attached hydrogen (secondary N) is 2. The molecule has 0 aliphatic heterocycles. The molecule has 0 heterocycles. The van der Waals surface area contributed by atoms with Crippen LogP contribution in [0.3, 0.4) is 0 Å². The van der Waals surface area contributed by atoms with E-state index in [2.05, 4.69) is 10.6 Å². The number of rotatable bonds is 6. The zero-order chi connectivity index (χ0) is 24.9. The van der Waals surface area contributed by atoms with E-state index >= 15 is 0 Å². The lowest BCUT2D eigenvalue weighted by atomic mass is 9.75. The second kappa shape index (κ2) is 12.2. The van der Waals surface area contributed by atoms with Gasteiger partial charge in [-0.3, -0.25) is 9.59 Å². The molecule has 0 aromatic heterocycles. The predicted octanol–water partition coefficient (Wildman–Crippen LogP) is 7.97. The minimum Gasteiger partial charge on any atom is -0.349 e. The predicted molar refractivity (Wildman–Crippen MR) is 144 cm³/mol. The molecule has 4 rings (SSSR count). The molecule has 0 atom stereocenters. The van der Waals surface area contributed by atoms with Gasteiger partial charge in [0, 0.05) is 12.1 Å². The number of hydrogen-bond donors (Lipinski definition) is 2. The van der Waals surface area contributed by atoms with Crippen LogP contribution < -0.4 is 10.6 Å². The molecule has 4 nitrogen and oxygen atoms in total. The first-order valence-electron chi connectivity index (χ1n) is 12.3. The summed E-state index contributed by atoms with van der Waals surface area (Å²) in [5.41, 5.74) is 0.720. The van der Waals surface area contributed by atoms with Crippen LogP contribution >= 0.6 is 46.4 Å². The maximum Gasteiger partial charge on any atom is 0.254 e. The van der Waals surface area contributed by atoms with Gasteiger partial charge in [0.15, 0.2) is 0 Å². The third kappa shape index (κ3) is 6.85. The fourth-order valence-electron chi connectivity index (χ4n) is 5.50. The lowest BCUT2D eigenvalue weighted by Crippen LogP contribution is -2.39. The van der Waals surface area contributed by atoms with E-state index in [0.717, 1.165) is 51.4 Å². The first-order valence-corrected chi connectivity index (χ1v) is 13.8. The van der Waals surface area contributed by atoms with Gasteiger partial charge in [0.25, 0.3) is 11.8 Å². The monoisotopic (exact) mass is 554 g/mol. The summed E-state index contributed by atoms with van der Waals surface area (Å²) in [6.45, 7) is 0. The van der Waals surface area contributed by atoms with Crippen molar-refractivity contribution in [2.24, 2.45) is 11.8 Å². The van der Waals surface area contributed by atoms with Gasteiger partial charge < -0.3 is 10.6 Å². The normalized spacial score (nSPS) is 24.6. The minimum atomic E-state index is -0.192. The van der Waals surface area contributed by atoms with Gasteiger partial charge in [0.05, 0.1) is 31.2 Å². The first-order chi connectivity index (χ1) is 16.8. The summed E-state index contributed by atoms with van der Waals surface area (Å²) in [5, 5.41) is 7.76. The molecule has 8 heteroatoms. The summed E-state index contributed by atoms with van der Waals surface area (Å²) in [6, 6.07) is 10.5. The van der Waals surface area contributed by atoms with Crippen molar-refractivity contribution in [1.82, 2.24) is 10.6 Å². The van der Waals surface area contributed by atoms with E-state index < -0.39 is 0 Å². The van der Waals surface area contributed by atoms with Crippen molar-refractivity contribution >= 4 is 58.2 Å². The summed E-state index contributed by atoms with van der Waals surface area (Å²) in [4.78, 5) is 25.3. The number of benzene rings is 2. The molecule has 2 amide bonds. The van der Waals surface area contributed by atoms with Crippen LogP contribution in [0.1, 0.15) is 78.5 Å². The van der Waals surface area contributed by atoms with Crippen molar-refractivity contribution in [3.05, 3.63) is 67.6 Å². The van der Waals surface area contributed by atoms with E-state index in [0.29, 0.717) is 43.1 Å². The number of carbonyl (C=O) groups is 2. The van der Waals surface area contributed by atoms with Crippen molar-refractivity contribution < 1.29 is 9.59 Å². The average Bonchev–Trinajstić information content (AvgIpc) is 2.81. The Morgan fingerprint density at radius 3 is 1.23 bits per heavy atom. The Bertz CT molecular complexity index is 937. The quantitative estimate of drug-likeness (QED) is 0.379. The van der Waals surface area contributed by atoms with Gasteiger partial charge in [-0.25, -0.2) is 0 Å². The Kier molecular flexibility index (Phi) is 9.26. The Morgan fingerprint density at radius 1 is 0.600 bits per heavy atom. The van der Waals surface area contributed by atoms with E-state index in [4.69, 9.17) is 46.4 Å². The molecule has 2 aliphatic carbocycles. The molecule has 2 aliphatic rings. The number of carbonyl (C=O) groups excluding carboxylic acids is 2. The summed E-state index contributed by atoms with van der Waals surface area (Å²) in [5.74, 6) is 0.986. The van der Waals surface area contributed by atoms with E-state index in [-0.39, 0.29) is 23.9 Å². The van der Waals surface area contributed by atoms with Gasteiger partial charge in [-0.15, -0.1) is 0 Å². The van der Waals surface area contributed by atoms with E-state index in [1.54, 1.807) is 36.4 Å². The maximum atomic E-state index is 12.7. The van der Waals surface area contributed by atoms with Gasteiger partial charge >= 0.3 is 0 Å². The van der Waals surface area contributed by atoms with Crippen LogP contribution in [0.25, 0.3) is 0 Å². The molecule has 0 spiro atoms. The molecular formula is C27H30Cl4N2O2. The maximum absolute atomic E-state index is 12.7. The van der Waals surface area contributed by atoms with Gasteiger partial charge in [0.2, 0.25) is 0 Å². The molecule has 0 bridgehead atoms. The molecule has 188 valence electrons. The molecule has 0 unspecified atom stereocenters. The molecule has 2 aromatic rings. The molecule has 35 heavy (non-hydrogen) atoms. The molecule has 0 radical (unpaired) electrons. The van der Waals surface area contributed by atoms with Crippen molar-refractivity contribution in [3.63, 3.8) is 0 Å². The second-order valence-electron chi connectivity index (χ2n) is 9.81. The van der Waals surface area contributed by atoms with Crippen LogP contribution in [0, 0.1) is 11.8 Å². The lowest BCUT2D eigenvalue weighted by Gasteiger charge is -2.34. The highest BCUT2D eigenvalue weighted by molar-refractivity contribution is 6.40. The largest absolute Gasteiger partial charge is 0.349 e. The molecule has 2 aromatic carbocycles. The van der Waals surface area contributed by atoms with E-state index in [9.17, 15) is 9.59 Å². The Morgan fingerprint density at radius 2 is 0.914 bits per heavy atom. The number of amides is 2. The Balaban J connectivity index is 1.18. The first kappa shape index (κ1) is 26.6. The summed E-state index contributed by atoms with van der Waals surface area (Å²) >= 11 is 24.7. The van der Waals surface area contributed by atoms with Crippen molar-refractivity contribution in [3.8, 4) is 0 Å². The summed E-state index contributed by atoms with van der Waals surface area (Å²) in [7, 11) is 0. The van der Waals surface area contributed by atoms with Crippen LogP contribution in [-0.4, -0.2) is 23.9 Å². The summed E-state index contributed by atoms with van der Waals surface area (Å²) in [6.07, 6.45) is 9.57. The van der Waals surface area contributed by atoms with Crippen LogP contribution in [-0.2, 0) is 0 Å². The number of hydrogen-bond acceptors (Lipinski definition) is 2. The standard InChI is InChI=1S/C27H30Cl4N2O2/c28-20-3-1-4-21(29)24(20)26(34)32-18-11-7-16(8-12-18)15-17-9-13-19(14-10-17)33-27(35)25-22(30)5-2-6-23(25)31/h1-6,16-19H,7-15H2,(H,32,34)(H,33,35). The minimum absolute atomic E-state index is 0.161. The highest BCUT2D eigenvalue weighted by Crippen LogP contribution is 2.36. The van der Waals surface area contributed by atoms with Crippen molar-refractivity contribution in [2.45, 2.75) is 69.9 Å². The molecular weight excluding hydrogens is 526 g/mol. The SMILES string of the molecule is O=C(NC1CCC(CC2CCC(NC(=O)c3c(Cl)cccc3Cl)CC2)CC1)c1c(Cl)cccc1Cl. The highest BCUT2D eigenvalue weighted by Gasteiger charge is 2.29. The van der Waals surface area contributed by atoms with Crippen LogP contribution in [0.15, 0.2) is 36.4 Å². The second-order valence-corrected chi connectivity index (χ2v) is 11.4. The van der Waals surface area contributed by atoms with Gasteiger partial charge in [-0.05, 0) is 93.9 Å². The van der Waals surface area contributed by atoms with E-state index in [1.165, 1.54) is 6.42 Å². The third-order valence-electron chi connectivity index (χ3n) is 7.41. The average molecular weight is 556 g/mol. The fraction of sp³-hybridized carbons (Fsp3) is 0.481. The highest BCUT2D eigenvalue weighted by atomic mass is 35.5. The van der Waals surface area contributed by atoms with Crippen molar-refractivity contribution in [2.75, 3.05) is 0 Å². The van der Waals surface area contributed by atoms with Gasteiger partial charge in [-0.1, -0.05) is 58.5 Å².